The number of ether oxygens (including phenoxy) is 1. The van der Waals surface area contributed by atoms with Crippen LogP contribution < -0.4 is 5.46 Å². The second kappa shape index (κ2) is 7.23. The van der Waals surface area contributed by atoms with Crippen molar-refractivity contribution in [2.75, 3.05) is 13.1 Å². The van der Waals surface area contributed by atoms with E-state index in [0.717, 1.165) is 17.4 Å². The molecule has 0 radical (unpaired) electrons. The van der Waals surface area contributed by atoms with Crippen molar-refractivity contribution < 1.29 is 18.8 Å². The zero-order valence-corrected chi connectivity index (χ0v) is 18.2. The van der Waals surface area contributed by atoms with Crippen LogP contribution >= 0.6 is 0 Å². The van der Waals surface area contributed by atoms with E-state index in [9.17, 15) is 4.79 Å². The quantitative estimate of drug-likeness (QED) is 0.722. The Morgan fingerprint density at radius 2 is 1.79 bits per heavy atom. The van der Waals surface area contributed by atoms with Gasteiger partial charge >= 0.3 is 13.2 Å². The molecule has 3 rings (SSSR count). The van der Waals surface area contributed by atoms with Gasteiger partial charge in [-0.2, -0.15) is 0 Å². The molecule has 0 atom stereocenters. The van der Waals surface area contributed by atoms with E-state index < -0.39 is 5.60 Å². The van der Waals surface area contributed by atoms with Gasteiger partial charge in [0.25, 0.3) is 0 Å². The van der Waals surface area contributed by atoms with Crippen LogP contribution in [0.15, 0.2) is 30.3 Å². The van der Waals surface area contributed by atoms with Crippen LogP contribution in [0.1, 0.15) is 60.5 Å². The first-order chi connectivity index (χ1) is 12.9. The Kier molecular flexibility index (Phi) is 5.41. The maximum Gasteiger partial charge on any atom is 0.494 e. The van der Waals surface area contributed by atoms with Crippen molar-refractivity contribution in [2.24, 2.45) is 0 Å². The number of carbonyl (C=O) groups is 1. The molecule has 0 aliphatic carbocycles. The van der Waals surface area contributed by atoms with Crippen LogP contribution in [0.3, 0.4) is 0 Å². The first-order valence-corrected chi connectivity index (χ1v) is 10.0. The predicted molar refractivity (Wildman–Crippen MR) is 113 cm³/mol. The van der Waals surface area contributed by atoms with Gasteiger partial charge in [0.15, 0.2) is 0 Å². The molecule has 0 aromatic heterocycles. The lowest BCUT2D eigenvalue weighted by Gasteiger charge is -2.32. The largest absolute Gasteiger partial charge is 0.494 e. The third-order valence-electron chi connectivity index (χ3n) is 5.64. The molecule has 2 aliphatic rings. The van der Waals surface area contributed by atoms with Crippen LogP contribution in [-0.4, -0.2) is 48.0 Å². The van der Waals surface area contributed by atoms with Crippen molar-refractivity contribution in [3.63, 3.8) is 0 Å². The topological polar surface area (TPSA) is 48.0 Å². The van der Waals surface area contributed by atoms with Crippen LogP contribution in [-0.2, 0) is 14.0 Å². The zero-order chi connectivity index (χ0) is 20.7. The smallest absolute Gasteiger partial charge is 0.444 e. The van der Waals surface area contributed by atoms with E-state index in [1.165, 1.54) is 5.57 Å². The minimum atomic E-state index is -0.474. The Hall–Kier alpha value is -1.79. The summed E-state index contributed by atoms with van der Waals surface area (Å²) in [6.45, 7) is 15.1. The maximum absolute atomic E-state index is 12.2. The van der Waals surface area contributed by atoms with Gasteiger partial charge < -0.3 is 18.9 Å². The summed E-state index contributed by atoms with van der Waals surface area (Å²) in [7, 11) is -0.368. The van der Waals surface area contributed by atoms with E-state index in [2.05, 4.69) is 45.9 Å². The summed E-state index contributed by atoms with van der Waals surface area (Å²) in [5, 5.41) is 0. The van der Waals surface area contributed by atoms with E-state index in [1.807, 2.05) is 32.9 Å². The standard InChI is InChI=1S/C22H32BNO4/c1-20(2,3)26-19(25)24-13-11-16(12-14-24)17-9-8-10-18(15-17)23-27-21(4,5)22(6,7)28-23/h8-11,15H,12-14H2,1-7H3. The van der Waals surface area contributed by atoms with Crippen molar-refractivity contribution >= 4 is 24.2 Å². The molecule has 5 nitrogen and oxygen atoms in total. The zero-order valence-electron chi connectivity index (χ0n) is 18.2. The van der Waals surface area contributed by atoms with Gasteiger partial charge in [0.05, 0.1) is 11.2 Å². The molecule has 0 N–H and O–H groups in total. The van der Waals surface area contributed by atoms with Crippen molar-refractivity contribution in [3.05, 3.63) is 35.9 Å². The summed E-state index contributed by atoms with van der Waals surface area (Å²) in [4.78, 5) is 14.0. The van der Waals surface area contributed by atoms with E-state index >= 15 is 0 Å². The fraction of sp³-hybridized carbons (Fsp3) is 0.591. The molecule has 1 aromatic rings. The molecule has 28 heavy (non-hydrogen) atoms. The Balaban J connectivity index is 1.71. The maximum atomic E-state index is 12.2. The van der Waals surface area contributed by atoms with Crippen molar-refractivity contribution in [3.8, 4) is 0 Å². The molecule has 2 heterocycles. The minimum absolute atomic E-state index is 0.256. The second-order valence-electron chi connectivity index (χ2n) is 9.62. The lowest BCUT2D eigenvalue weighted by atomic mass is 9.77. The number of amides is 1. The third kappa shape index (κ3) is 4.44. The third-order valence-corrected chi connectivity index (χ3v) is 5.64. The van der Waals surface area contributed by atoms with Crippen LogP contribution in [0.4, 0.5) is 4.79 Å². The lowest BCUT2D eigenvalue weighted by molar-refractivity contribution is 0.00578. The van der Waals surface area contributed by atoms with E-state index in [-0.39, 0.29) is 24.4 Å². The SMILES string of the molecule is CC(C)(C)OC(=O)N1CC=C(c2cccc(B3OC(C)(C)C(C)(C)O3)c2)CC1. The van der Waals surface area contributed by atoms with Crippen molar-refractivity contribution in [2.45, 2.75) is 71.7 Å². The normalized spacial score (nSPS) is 21.5. The van der Waals surface area contributed by atoms with Gasteiger partial charge in [-0.1, -0.05) is 30.3 Å². The Labute approximate surface area is 169 Å². The first kappa shape index (κ1) is 20.9. The average molecular weight is 385 g/mol. The number of hydrogen-bond acceptors (Lipinski definition) is 4. The fourth-order valence-corrected chi connectivity index (χ4v) is 3.29. The Morgan fingerprint density at radius 3 is 2.32 bits per heavy atom. The van der Waals surface area contributed by atoms with E-state index in [4.69, 9.17) is 14.0 Å². The first-order valence-electron chi connectivity index (χ1n) is 10.0. The number of carbonyl (C=O) groups excluding carboxylic acids is 1. The second-order valence-corrected chi connectivity index (χ2v) is 9.62. The molecular formula is C22H32BNO4. The average Bonchev–Trinajstić information content (AvgIpc) is 2.81. The Morgan fingerprint density at radius 1 is 1.14 bits per heavy atom. The summed E-state index contributed by atoms with van der Waals surface area (Å²) in [6.07, 6.45) is 2.65. The highest BCUT2D eigenvalue weighted by Gasteiger charge is 2.51. The lowest BCUT2D eigenvalue weighted by Crippen LogP contribution is -2.41. The van der Waals surface area contributed by atoms with Crippen LogP contribution in [0.2, 0.25) is 0 Å². The van der Waals surface area contributed by atoms with Gasteiger partial charge in [-0.15, -0.1) is 0 Å². The van der Waals surface area contributed by atoms with Gasteiger partial charge in [-0.25, -0.2) is 4.79 Å². The van der Waals surface area contributed by atoms with Gasteiger partial charge in [0, 0.05) is 13.1 Å². The molecule has 0 spiro atoms. The van der Waals surface area contributed by atoms with Crippen molar-refractivity contribution in [1.82, 2.24) is 4.90 Å². The summed E-state index contributed by atoms with van der Waals surface area (Å²) in [5.74, 6) is 0. The molecule has 1 aromatic carbocycles. The van der Waals surface area contributed by atoms with E-state index in [0.29, 0.717) is 13.1 Å². The Bertz CT molecular complexity index is 763. The van der Waals surface area contributed by atoms with Gasteiger partial charge in [-0.3, -0.25) is 0 Å². The summed E-state index contributed by atoms with van der Waals surface area (Å²) < 4.78 is 17.8. The molecule has 2 aliphatic heterocycles. The number of hydrogen-bond donors (Lipinski definition) is 0. The van der Waals surface area contributed by atoms with Gasteiger partial charge in [0.2, 0.25) is 0 Å². The molecule has 1 saturated heterocycles. The summed E-state index contributed by atoms with van der Waals surface area (Å²) in [5.41, 5.74) is 2.22. The van der Waals surface area contributed by atoms with Gasteiger partial charge in [-0.05, 0) is 71.5 Å². The monoisotopic (exact) mass is 385 g/mol. The molecule has 6 heteroatoms. The molecule has 0 bridgehead atoms. The van der Waals surface area contributed by atoms with Gasteiger partial charge in [0.1, 0.15) is 5.60 Å². The molecule has 1 fully saturated rings. The van der Waals surface area contributed by atoms with E-state index in [1.54, 1.807) is 4.90 Å². The molecule has 152 valence electrons. The van der Waals surface area contributed by atoms with Crippen LogP contribution in [0.25, 0.3) is 5.57 Å². The minimum Gasteiger partial charge on any atom is -0.444 e. The number of nitrogens with zero attached hydrogens (tertiary/aromatic N) is 1. The fourth-order valence-electron chi connectivity index (χ4n) is 3.29. The van der Waals surface area contributed by atoms with Crippen molar-refractivity contribution in [1.29, 1.82) is 0 Å². The summed E-state index contributed by atoms with van der Waals surface area (Å²) in [6, 6.07) is 8.32. The number of benzene rings is 1. The number of rotatable bonds is 2. The highest BCUT2D eigenvalue weighted by Crippen LogP contribution is 2.36. The summed E-state index contributed by atoms with van der Waals surface area (Å²) >= 11 is 0. The molecule has 1 amide bonds. The predicted octanol–water partition coefficient (Wildman–Crippen LogP) is 4.01. The molecule has 0 saturated carbocycles. The molecular weight excluding hydrogens is 353 g/mol. The van der Waals surface area contributed by atoms with Crippen LogP contribution in [0, 0.1) is 0 Å². The highest BCUT2D eigenvalue weighted by molar-refractivity contribution is 6.62. The highest BCUT2D eigenvalue weighted by atomic mass is 16.7. The van der Waals surface area contributed by atoms with Crippen LogP contribution in [0.5, 0.6) is 0 Å². The molecule has 0 unspecified atom stereocenters.